The number of nitrogens with zero attached hydrogens (tertiary/aromatic N) is 1. The van der Waals surface area contributed by atoms with E-state index in [4.69, 9.17) is 0 Å². The summed E-state index contributed by atoms with van der Waals surface area (Å²) in [6.45, 7) is 0.916. The Balaban J connectivity index is 1.65. The molecule has 4 nitrogen and oxygen atoms in total. The van der Waals surface area contributed by atoms with E-state index in [1.807, 2.05) is 30.5 Å². The van der Waals surface area contributed by atoms with Gasteiger partial charge in [-0.3, -0.25) is 4.79 Å². The van der Waals surface area contributed by atoms with Crippen LogP contribution in [0, 0.1) is 11.7 Å². The van der Waals surface area contributed by atoms with Gasteiger partial charge in [-0.15, -0.1) is 11.8 Å². The number of nitrogens with one attached hydrogen (secondary N) is 1. The van der Waals surface area contributed by atoms with Crippen molar-refractivity contribution in [3.05, 3.63) is 59.9 Å². The number of ketones is 1. The zero-order chi connectivity index (χ0) is 18.5. The Morgan fingerprint density at radius 3 is 2.58 bits per heavy atom. The van der Waals surface area contributed by atoms with Crippen molar-refractivity contribution in [2.24, 2.45) is 5.92 Å². The first-order valence-corrected chi connectivity index (χ1v) is 9.79. The topological polar surface area (TPSA) is 49.4 Å². The van der Waals surface area contributed by atoms with E-state index < -0.39 is 5.82 Å². The maximum atomic E-state index is 13.7. The molecule has 2 aromatic carbocycles. The summed E-state index contributed by atoms with van der Waals surface area (Å²) in [5, 5.41) is 2.59. The molecular weight excluding hydrogens is 351 g/mol. The minimum atomic E-state index is -0.473. The lowest BCUT2D eigenvalue weighted by atomic mass is 9.90. The zero-order valence-corrected chi connectivity index (χ0v) is 15.4. The molecule has 26 heavy (non-hydrogen) atoms. The van der Waals surface area contributed by atoms with Crippen LogP contribution in [-0.2, 0) is 0 Å². The third-order valence-electron chi connectivity index (χ3n) is 4.57. The highest BCUT2D eigenvalue weighted by atomic mass is 32.2. The Labute approximate surface area is 156 Å². The number of carbonyl (C=O) groups excluding carboxylic acids is 2. The van der Waals surface area contributed by atoms with E-state index in [0.29, 0.717) is 18.7 Å². The lowest BCUT2D eigenvalue weighted by Gasteiger charge is -2.32. The molecule has 0 spiro atoms. The minimum absolute atomic E-state index is 0.0565. The number of halogens is 1. The molecule has 3 rings (SSSR count). The van der Waals surface area contributed by atoms with E-state index in [0.717, 1.165) is 17.7 Å². The van der Waals surface area contributed by atoms with Gasteiger partial charge in [0.15, 0.2) is 5.78 Å². The van der Waals surface area contributed by atoms with Gasteiger partial charge in [-0.05, 0) is 43.4 Å². The van der Waals surface area contributed by atoms with Crippen LogP contribution in [0.1, 0.15) is 23.2 Å². The summed E-state index contributed by atoms with van der Waals surface area (Å²) >= 11 is 1.63. The SMILES string of the molecule is CSc1ccc(C(=O)[C@@H]2CCCN(C(=O)Nc3ccccc3F)C2)cc1. The van der Waals surface area contributed by atoms with E-state index in [9.17, 15) is 14.0 Å². The number of anilines is 1. The summed E-state index contributed by atoms with van der Waals surface area (Å²) in [4.78, 5) is 27.9. The monoisotopic (exact) mass is 372 g/mol. The quantitative estimate of drug-likeness (QED) is 0.626. The highest BCUT2D eigenvalue weighted by Crippen LogP contribution is 2.23. The van der Waals surface area contributed by atoms with Crippen LogP contribution in [0.5, 0.6) is 0 Å². The molecule has 1 aliphatic rings. The summed E-state index contributed by atoms with van der Waals surface area (Å²) in [7, 11) is 0. The lowest BCUT2D eigenvalue weighted by Crippen LogP contribution is -2.44. The second-order valence-electron chi connectivity index (χ2n) is 6.29. The summed E-state index contributed by atoms with van der Waals surface area (Å²) in [5.41, 5.74) is 0.822. The van der Waals surface area contributed by atoms with Gasteiger partial charge in [-0.2, -0.15) is 0 Å². The van der Waals surface area contributed by atoms with Gasteiger partial charge in [0.1, 0.15) is 5.82 Å². The van der Waals surface area contributed by atoms with Gasteiger partial charge in [-0.25, -0.2) is 9.18 Å². The molecule has 2 amide bonds. The summed E-state index contributed by atoms with van der Waals surface area (Å²) in [5.74, 6) is -0.643. The summed E-state index contributed by atoms with van der Waals surface area (Å²) in [6, 6.07) is 13.2. The number of hydrogen-bond donors (Lipinski definition) is 1. The van der Waals surface area contributed by atoms with Crippen molar-refractivity contribution in [3.63, 3.8) is 0 Å². The first kappa shape index (κ1) is 18.5. The number of rotatable bonds is 4. The Morgan fingerprint density at radius 1 is 1.15 bits per heavy atom. The molecule has 0 saturated carbocycles. The van der Waals surface area contributed by atoms with Gasteiger partial charge in [0.25, 0.3) is 0 Å². The molecule has 1 fully saturated rings. The van der Waals surface area contributed by atoms with Crippen molar-refractivity contribution in [1.29, 1.82) is 0 Å². The Morgan fingerprint density at radius 2 is 1.88 bits per heavy atom. The maximum absolute atomic E-state index is 13.7. The van der Waals surface area contributed by atoms with Crippen molar-refractivity contribution in [2.75, 3.05) is 24.7 Å². The summed E-state index contributed by atoms with van der Waals surface area (Å²) in [6.07, 6.45) is 3.50. The van der Waals surface area contributed by atoms with Gasteiger partial charge in [0, 0.05) is 29.5 Å². The average Bonchev–Trinajstić information content (AvgIpc) is 2.69. The molecule has 1 atom stereocenters. The van der Waals surface area contributed by atoms with Crippen LogP contribution in [0.15, 0.2) is 53.4 Å². The molecule has 0 aliphatic carbocycles. The fourth-order valence-electron chi connectivity index (χ4n) is 3.12. The molecule has 1 saturated heterocycles. The third kappa shape index (κ3) is 4.25. The fraction of sp³-hybridized carbons (Fsp3) is 0.300. The van der Waals surface area contributed by atoms with Crippen LogP contribution in [0.2, 0.25) is 0 Å². The molecule has 0 bridgehead atoms. The number of likely N-dealkylation sites (tertiary alicyclic amines) is 1. The average molecular weight is 372 g/mol. The Bertz CT molecular complexity index is 795. The first-order chi connectivity index (χ1) is 12.6. The van der Waals surface area contributed by atoms with Gasteiger partial charge in [0.2, 0.25) is 0 Å². The zero-order valence-electron chi connectivity index (χ0n) is 14.6. The van der Waals surface area contributed by atoms with E-state index in [1.54, 1.807) is 28.8 Å². The van der Waals surface area contributed by atoms with Crippen molar-refractivity contribution in [3.8, 4) is 0 Å². The van der Waals surface area contributed by atoms with E-state index in [-0.39, 0.29) is 23.4 Å². The van der Waals surface area contributed by atoms with Crippen LogP contribution in [0.25, 0.3) is 0 Å². The molecule has 0 aromatic heterocycles. The van der Waals surface area contributed by atoms with Crippen LogP contribution in [0.3, 0.4) is 0 Å². The molecule has 1 aliphatic heterocycles. The fourth-order valence-corrected chi connectivity index (χ4v) is 3.53. The largest absolute Gasteiger partial charge is 0.324 e. The summed E-state index contributed by atoms with van der Waals surface area (Å²) < 4.78 is 13.7. The van der Waals surface area contributed by atoms with E-state index in [2.05, 4.69) is 5.32 Å². The molecule has 1 N–H and O–H groups in total. The van der Waals surface area contributed by atoms with Crippen molar-refractivity contribution in [1.82, 2.24) is 4.90 Å². The highest BCUT2D eigenvalue weighted by molar-refractivity contribution is 7.98. The van der Waals surface area contributed by atoms with Crippen LogP contribution in [-0.4, -0.2) is 36.1 Å². The Hall–Kier alpha value is -2.34. The van der Waals surface area contributed by atoms with E-state index >= 15 is 0 Å². The standard InChI is InChI=1S/C20H21FN2O2S/c1-26-16-10-8-14(9-11-16)19(24)15-5-4-12-23(13-15)20(25)22-18-7-3-2-6-17(18)21/h2-3,6-11,15H,4-5,12-13H2,1H3,(H,22,25)/t15-/m1/s1. The van der Waals surface area contributed by atoms with Crippen LogP contribution in [0.4, 0.5) is 14.9 Å². The van der Waals surface area contributed by atoms with E-state index in [1.165, 1.54) is 12.1 Å². The molecule has 2 aromatic rings. The number of urea groups is 1. The first-order valence-electron chi connectivity index (χ1n) is 8.57. The van der Waals surface area contributed by atoms with Gasteiger partial charge >= 0.3 is 6.03 Å². The predicted molar refractivity (Wildman–Crippen MR) is 102 cm³/mol. The van der Waals surface area contributed by atoms with Crippen molar-refractivity contribution >= 4 is 29.3 Å². The van der Waals surface area contributed by atoms with Crippen LogP contribution < -0.4 is 5.32 Å². The Kier molecular flexibility index (Phi) is 5.93. The molecule has 136 valence electrons. The second-order valence-corrected chi connectivity index (χ2v) is 7.17. The molecule has 6 heteroatoms. The smallest absolute Gasteiger partial charge is 0.321 e. The van der Waals surface area contributed by atoms with Crippen molar-refractivity contribution < 1.29 is 14.0 Å². The maximum Gasteiger partial charge on any atom is 0.321 e. The lowest BCUT2D eigenvalue weighted by molar-refractivity contribution is 0.0851. The normalized spacial score (nSPS) is 17.0. The number of benzene rings is 2. The third-order valence-corrected chi connectivity index (χ3v) is 5.31. The number of para-hydroxylation sites is 1. The van der Waals surface area contributed by atoms with Gasteiger partial charge < -0.3 is 10.2 Å². The minimum Gasteiger partial charge on any atom is -0.324 e. The van der Waals surface area contributed by atoms with Gasteiger partial charge in [0.05, 0.1) is 5.69 Å². The number of hydrogen-bond acceptors (Lipinski definition) is 3. The number of carbonyl (C=O) groups is 2. The number of thioether (sulfide) groups is 1. The number of Topliss-reactive ketones (excluding diaryl/α,β-unsaturated/α-hetero) is 1. The highest BCUT2D eigenvalue weighted by Gasteiger charge is 2.29. The molecule has 0 unspecified atom stereocenters. The molecular formula is C20H21FN2O2S. The van der Waals surface area contributed by atoms with Crippen molar-refractivity contribution in [2.45, 2.75) is 17.7 Å². The molecule has 0 radical (unpaired) electrons. The number of amides is 2. The van der Waals surface area contributed by atoms with Gasteiger partial charge in [-0.1, -0.05) is 24.3 Å². The predicted octanol–water partition coefficient (Wildman–Crippen LogP) is 4.67. The molecule has 1 heterocycles. The second kappa shape index (κ2) is 8.36. The number of piperidine rings is 1. The van der Waals surface area contributed by atoms with Crippen LogP contribution >= 0.6 is 11.8 Å².